The Hall–Kier alpha value is -0.610. The maximum atomic E-state index is 9.71. The SMILES string of the molecule is COC(=N)C1(O)CCOCC1. The van der Waals surface area contributed by atoms with Gasteiger partial charge in [0, 0.05) is 26.1 Å². The van der Waals surface area contributed by atoms with Gasteiger partial charge in [0.05, 0.1) is 7.11 Å². The molecular weight excluding hydrogens is 146 g/mol. The van der Waals surface area contributed by atoms with Crippen LogP contribution in [0.3, 0.4) is 0 Å². The maximum absolute atomic E-state index is 9.71. The number of methoxy groups -OCH3 is 1. The Morgan fingerprint density at radius 3 is 2.55 bits per heavy atom. The third-order valence-electron chi connectivity index (χ3n) is 1.95. The minimum absolute atomic E-state index is 0.0548. The molecule has 0 saturated carbocycles. The summed E-state index contributed by atoms with van der Waals surface area (Å²) in [5.74, 6) is -0.0548. The van der Waals surface area contributed by atoms with Gasteiger partial charge in [-0.05, 0) is 0 Å². The first kappa shape index (κ1) is 8.49. The van der Waals surface area contributed by atoms with E-state index < -0.39 is 5.60 Å². The van der Waals surface area contributed by atoms with Crippen LogP contribution in [0.25, 0.3) is 0 Å². The second-order valence-corrected chi connectivity index (χ2v) is 2.68. The first-order valence-corrected chi connectivity index (χ1v) is 3.62. The van der Waals surface area contributed by atoms with Gasteiger partial charge in [0.2, 0.25) is 5.90 Å². The molecule has 0 bridgehead atoms. The number of hydrogen-bond acceptors (Lipinski definition) is 4. The zero-order chi connectivity index (χ0) is 8.32. The number of rotatable bonds is 1. The minimum Gasteiger partial charge on any atom is -0.482 e. The quantitative estimate of drug-likeness (QED) is 0.423. The molecule has 0 spiro atoms. The number of hydrogen-bond donors (Lipinski definition) is 2. The summed E-state index contributed by atoms with van der Waals surface area (Å²) in [7, 11) is 1.40. The van der Waals surface area contributed by atoms with E-state index in [1.165, 1.54) is 7.11 Å². The summed E-state index contributed by atoms with van der Waals surface area (Å²) in [4.78, 5) is 0. The van der Waals surface area contributed by atoms with Crippen LogP contribution < -0.4 is 0 Å². The van der Waals surface area contributed by atoms with Crippen molar-refractivity contribution in [1.29, 1.82) is 5.41 Å². The first-order chi connectivity index (χ1) is 5.19. The molecule has 0 amide bonds. The largest absolute Gasteiger partial charge is 0.482 e. The minimum atomic E-state index is -1.08. The van der Waals surface area contributed by atoms with E-state index in [2.05, 4.69) is 4.74 Å². The Kier molecular flexibility index (Phi) is 2.46. The highest BCUT2D eigenvalue weighted by molar-refractivity contribution is 5.81. The van der Waals surface area contributed by atoms with Gasteiger partial charge < -0.3 is 14.6 Å². The van der Waals surface area contributed by atoms with Crippen molar-refractivity contribution in [1.82, 2.24) is 0 Å². The lowest BCUT2D eigenvalue weighted by Crippen LogP contribution is -2.44. The van der Waals surface area contributed by atoms with Crippen LogP contribution in [-0.2, 0) is 9.47 Å². The van der Waals surface area contributed by atoms with Crippen molar-refractivity contribution >= 4 is 5.90 Å². The highest BCUT2D eigenvalue weighted by Gasteiger charge is 2.35. The molecule has 1 saturated heterocycles. The fourth-order valence-corrected chi connectivity index (χ4v) is 1.13. The standard InChI is InChI=1S/C7H13NO3/c1-10-6(8)7(9)2-4-11-5-3-7/h8-9H,2-5H2,1H3. The summed E-state index contributed by atoms with van der Waals surface area (Å²) < 4.78 is 9.72. The fraction of sp³-hybridized carbons (Fsp3) is 0.857. The van der Waals surface area contributed by atoms with Gasteiger partial charge in [0.25, 0.3) is 0 Å². The number of aliphatic hydroxyl groups is 1. The van der Waals surface area contributed by atoms with Crippen LogP contribution in [0.4, 0.5) is 0 Å². The van der Waals surface area contributed by atoms with Crippen molar-refractivity contribution in [3.05, 3.63) is 0 Å². The van der Waals surface area contributed by atoms with Gasteiger partial charge in [-0.1, -0.05) is 0 Å². The van der Waals surface area contributed by atoms with Crippen molar-refractivity contribution < 1.29 is 14.6 Å². The first-order valence-electron chi connectivity index (χ1n) is 3.62. The highest BCUT2D eigenvalue weighted by atomic mass is 16.5. The predicted molar refractivity (Wildman–Crippen MR) is 39.7 cm³/mol. The number of nitrogens with one attached hydrogen (secondary N) is 1. The highest BCUT2D eigenvalue weighted by Crippen LogP contribution is 2.21. The van der Waals surface area contributed by atoms with Gasteiger partial charge >= 0.3 is 0 Å². The molecule has 1 heterocycles. The van der Waals surface area contributed by atoms with Crippen molar-refractivity contribution in [2.24, 2.45) is 0 Å². The lowest BCUT2D eigenvalue weighted by atomic mass is 9.94. The summed E-state index contributed by atoms with van der Waals surface area (Å²) in [5, 5.41) is 17.0. The second-order valence-electron chi connectivity index (χ2n) is 2.68. The summed E-state index contributed by atoms with van der Waals surface area (Å²) in [6, 6.07) is 0. The summed E-state index contributed by atoms with van der Waals surface area (Å²) >= 11 is 0. The number of ether oxygens (including phenoxy) is 2. The Morgan fingerprint density at radius 2 is 2.09 bits per heavy atom. The topological polar surface area (TPSA) is 62.5 Å². The summed E-state index contributed by atoms with van der Waals surface area (Å²) in [6.45, 7) is 1.00. The Morgan fingerprint density at radius 1 is 1.55 bits per heavy atom. The predicted octanol–water partition coefficient (Wildman–Crippen LogP) is 0.152. The smallest absolute Gasteiger partial charge is 0.213 e. The van der Waals surface area contributed by atoms with Crippen LogP contribution in [0.2, 0.25) is 0 Å². The molecule has 64 valence electrons. The van der Waals surface area contributed by atoms with E-state index in [-0.39, 0.29) is 5.90 Å². The monoisotopic (exact) mass is 159 g/mol. The molecular formula is C7H13NO3. The zero-order valence-corrected chi connectivity index (χ0v) is 6.59. The van der Waals surface area contributed by atoms with Gasteiger partial charge in [-0.3, -0.25) is 5.41 Å². The lowest BCUT2D eigenvalue weighted by Gasteiger charge is -2.30. The van der Waals surface area contributed by atoms with Crippen molar-refractivity contribution in [3.63, 3.8) is 0 Å². The molecule has 0 aliphatic carbocycles. The molecule has 0 atom stereocenters. The molecule has 0 radical (unpaired) electrons. The van der Waals surface area contributed by atoms with Crippen LogP contribution in [0.15, 0.2) is 0 Å². The lowest BCUT2D eigenvalue weighted by molar-refractivity contribution is -0.0315. The summed E-state index contributed by atoms with van der Waals surface area (Å²) in [6.07, 6.45) is 0.916. The van der Waals surface area contributed by atoms with Crippen LogP contribution in [0.5, 0.6) is 0 Å². The maximum Gasteiger partial charge on any atom is 0.213 e. The van der Waals surface area contributed by atoms with Crippen molar-refractivity contribution in [3.8, 4) is 0 Å². The molecule has 11 heavy (non-hydrogen) atoms. The third kappa shape index (κ3) is 1.70. The molecule has 2 N–H and O–H groups in total. The average molecular weight is 159 g/mol. The van der Waals surface area contributed by atoms with Gasteiger partial charge in [-0.2, -0.15) is 0 Å². The fourth-order valence-electron chi connectivity index (χ4n) is 1.13. The van der Waals surface area contributed by atoms with Gasteiger partial charge in [0.15, 0.2) is 0 Å². The van der Waals surface area contributed by atoms with Crippen LogP contribution >= 0.6 is 0 Å². The van der Waals surface area contributed by atoms with E-state index in [1.807, 2.05) is 0 Å². The molecule has 0 aromatic heterocycles. The molecule has 1 rings (SSSR count). The molecule has 1 aliphatic rings. The molecule has 1 fully saturated rings. The molecule has 0 aromatic carbocycles. The average Bonchev–Trinajstić information content (AvgIpc) is 2.04. The zero-order valence-electron chi connectivity index (χ0n) is 6.59. The Labute approximate surface area is 65.6 Å². The van der Waals surface area contributed by atoms with Gasteiger partial charge in [-0.15, -0.1) is 0 Å². The second kappa shape index (κ2) is 3.19. The van der Waals surface area contributed by atoms with Crippen LogP contribution in [-0.4, -0.2) is 36.9 Å². The molecule has 0 aromatic rings. The van der Waals surface area contributed by atoms with E-state index in [4.69, 9.17) is 10.1 Å². The van der Waals surface area contributed by atoms with Gasteiger partial charge in [0.1, 0.15) is 5.60 Å². The van der Waals surface area contributed by atoms with E-state index >= 15 is 0 Å². The molecule has 4 nitrogen and oxygen atoms in total. The van der Waals surface area contributed by atoms with Crippen molar-refractivity contribution in [2.75, 3.05) is 20.3 Å². The Balaban J connectivity index is 2.56. The Bertz CT molecular complexity index is 152. The van der Waals surface area contributed by atoms with E-state index in [0.29, 0.717) is 26.1 Å². The molecule has 4 heteroatoms. The summed E-state index contributed by atoms with van der Waals surface area (Å²) in [5.41, 5.74) is -1.08. The van der Waals surface area contributed by atoms with Gasteiger partial charge in [-0.25, -0.2) is 0 Å². The molecule has 1 aliphatic heterocycles. The van der Waals surface area contributed by atoms with Crippen LogP contribution in [0, 0.1) is 5.41 Å². The van der Waals surface area contributed by atoms with E-state index in [9.17, 15) is 5.11 Å². The third-order valence-corrected chi connectivity index (χ3v) is 1.95. The van der Waals surface area contributed by atoms with E-state index in [1.54, 1.807) is 0 Å². The molecule has 0 unspecified atom stereocenters. The van der Waals surface area contributed by atoms with Crippen LogP contribution in [0.1, 0.15) is 12.8 Å². The van der Waals surface area contributed by atoms with Crippen molar-refractivity contribution in [2.45, 2.75) is 18.4 Å². The van der Waals surface area contributed by atoms with E-state index in [0.717, 1.165) is 0 Å². The normalized spacial score (nSPS) is 22.7.